The van der Waals surface area contributed by atoms with Gasteiger partial charge >= 0.3 is 0 Å². The van der Waals surface area contributed by atoms with Crippen molar-refractivity contribution in [1.29, 1.82) is 0 Å². The molecule has 0 bridgehead atoms. The zero-order valence-corrected chi connectivity index (χ0v) is 12.1. The van der Waals surface area contributed by atoms with Gasteiger partial charge in [-0.3, -0.25) is 0 Å². The van der Waals surface area contributed by atoms with E-state index in [2.05, 4.69) is 19.2 Å². The van der Waals surface area contributed by atoms with Crippen LogP contribution in [0.25, 0.3) is 0 Å². The summed E-state index contributed by atoms with van der Waals surface area (Å²) in [6.07, 6.45) is 3.30. The molecule has 0 aliphatic heterocycles. The first-order chi connectivity index (χ1) is 8.66. The summed E-state index contributed by atoms with van der Waals surface area (Å²) in [4.78, 5) is 0.0484. The molecule has 6 heteroatoms. The third-order valence-electron chi connectivity index (χ3n) is 3.60. The van der Waals surface area contributed by atoms with E-state index >= 15 is 0 Å². The summed E-state index contributed by atoms with van der Waals surface area (Å²) in [5.74, 6) is 0. The number of primary sulfonamides is 1. The first-order valence-corrected chi connectivity index (χ1v) is 7.90. The van der Waals surface area contributed by atoms with Crippen molar-refractivity contribution in [3.63, 3.8) is 0 Å². The van der Waals surface area contributed by atoms with Gasteiger partial charge in [-0.1, -0.05) is 13.8 Å². The van der Waals surface area contributed by atoms with E-state index < -0.39 is 10.0 Å². The van der Waals surface area contributed by atoms with Gasteiger partial charge in [0.1, 0.15) is 0 Å². The number of nitrogens with one attached hydrogen (secondary N) is 1. The lowest BCUT2D eigenvalue weighted by atomic mass is 9.92. The molecule has 0 radical (unpaired) electrons. The van der Waals surface area contributed by atoms with Gasteiger partial charge in [0.25, 0.3) is 0 Å². The molecule has 5 nitrogen and oxygen atoms in total. The Morgan fingerprint density at radius 1 is 1.32 bits per heavy atom. The van der Waals surface area contributed by atoms with Crippen LogP contribution in [0.4, 0.5) is 11.4 Å². The van der Waals surface area contributed by atoms with Crippen LogP contribution >= 0.6 is 0 Å². The number of hydrogen-bond acceptors (Lipinski definition) is 4. The Kier molecular flexibility index (Phi) is 3.49. The minimum Gasteiger partial charge on any atom is -0.399 e. The summed E-state index contributed by atoms with van der Waals surface area (Å²) in [7, 11) is -3.72. The maximum absolute atomic E-state index is 11.4. The molecule has 1 fully saturated rings. The van der Waals surface area contributed by atoms with Gasteiger partial charge in [0.05, 0.1) is 4.90 Å². The van der Waals surface area contributed by atoms with Gasteiger partial charge in [-0.15, -0.1) is 0 Å². The van der Waals surface area contributed by atoms with Crippen molar-refractivity contribution in [2.75, 3.05) is 11.1 Å². The smallest absolute Gasteiger partial charge is 0.238 e. The molecule has 2 rings (SSSR count). The minimum atomic E-state index is -3.72. The average Bonchev–Trinajstić information content (AvgIpc) is 2.55. The van der Waals surface area contributed by atoms with Crippen LogP contribution in [-0.4, -0.2) is 14.5 Å². The predicted octanol–water partition coefficient (Wildman–Crippen LogP) is 1.91. The van der Waals surface area contributed by atoms with Crippen molar-refractivity contribution >= 4 is 21.4 Å². The molecule has 1 unspecified atom stereocenters. The summed E-state index contributed by atoms with van der Waals surface area (Å²) in [5, 5.41) is 8.48. The first kappa shape index (κ1) is 14.1. The van der Waals surface area contributed by atoms with Crippen molar-refractivity contribution < 1.29 is 8.42 Å². The Labute approximate surface area is 114 Å². The van der Waals surface area contributed by atoms with Crippen molar-refractivity contribution in [3.8, 4) is 0 Å². The van der Waals surface area contributed by atoms with Crippen LogP contribution in [0.3, 0.4) is 0 Å². The lowest BCUT2D eigenvalue weighted by molar-refractivity contribution is 0.378. The van der Waals surface area contributed by atoms with Crippen molar-refractivity contribution in [2.45, 2.75) is 44.0 Å². The zero-order chi connectivity index (χ0) is 14.3. The Morgan fingerprint density at radius 2 is 2.00 bits per heavy atom. The second-order valence-corrected chi connectivity index (χ2v) is 7.65. The lowest BCUT2D eigenvalue weighted by Crippen LogP contribution is -2.18. The van der Waals surface area contributed by atoms with Crippen molar-refractivity contribution in [1.82, 2.24) is 0 Å². The normalized spacial score (nSPS) is 22.4. The molecule has 1 aromatic carbocycles. The maximum atomic E-state index is 11.4. The second kappa shape index (κ2) is 4.68. The van der Waals surface area contributed by atoms with E-state index in [0.29, 0.717) is 22.8 Å². The molecule has 1 aromatic rings. The fourth-order valence-corrected chi connectivity index (χ4v) is 3.26. The van der Waals surface area contributed by atoms with E-state index in [4.69, 9.17) is 10.9 Å². The number of rotatable bonds is 3. The zero-order valence-electron chi connectivity index (χ0n) is 11.3. The number of hydrogen-bond donors (Lipinski definition) is 3. The topological polar surface area (TPSA) is 98.2 Å². The van der Waals surface area contributed by atoms with E-state index in [1.165, 1.54) is 12.1 Å². The van der Waals surface area contributed by atoms with Gasteiger partial charge in [0.2, 0.25) is 10.0 Å². The van der Waals surface area contributed by atoms with E-state index in [-0.39, 0.29) is 4.90 Å². The van der Waals surface area contributed by atoms with Crippen LogP contribution in [0.15, 0.2) is 23.1 Å². The van der Waals surface area contributed by atoms with E-state index in [0.717, 1.165) is 19.3 Å². The molecule has 0 aromatic heterocycles. The average molecular weight is 283 g/mol. The molecule has 0 saturated heterocycles. The van der Waals surface area contributed by atoms with Crippen LogP contribution < -0.4 is 16.2 Å². The highest BCUT2D eigenvalue weighted by Gasteiger charge is 2.30. The molecule has 19 heavy (non-hydrogen) atoms. The molecule has 106 valence electrons. The largest absolute Gasteiger partial charge is 0.399 e. The fraction of sp³-hybridized carbons (Fsp3) is 0.538. The number of nitrogen functional groups attached to an aromatic ring is 1. The quantitative estimate of drug-likeness (QED) is 0.738. The fourth-order valence-electron chi connectivity index (χ4n) is 2.66. The van der Waals surface area contributed by atoms with Crippen molar-refractivity contribution in [3.05, 3.63) is 18.2 Å². The van der Waals surface area contributed by atoms with Gasteiger partial charge in [-0.2, -0.15) is 0 Å². The van der Waals surface area contributed by atoms with Crippen molar-refractivity contribution in [2.24, 2.45) is 10.6 Å². The summed E-state index contributed by atoms with van der Waals surface area (Å²) >= 11 is 0. The Bertz CT molecular complexity index is 582. The summed E-state index contributed by atoms with van der Waals surface area (Å²) in [6, 6.07) is 5.00. The first-order valence-electron chi connectivity index (χ1n) is 6.36. The van der Waals surface area contributed by atoms with Gasteiger partial charge in [-0.05, 0) is 42.9 Å². The number of anilines is 2. The Morgan fingerprint density at radius 3 is 2.53 bits per heavy atom. The van der Waals surface area contributed by atoms with Crippen LogP contribution in [0.2, 0.25) is 0 Å². The Hall–Kier alpha value is -1.27. The molecular formula is C13H21N3O2S. The summed E-state index contributed by atoms with van der Waals surface area (Å²) in [5.41, 5.74) is 7.17. The van der Waals surface area contributed by atoms with Gasteiger partial charge in [-0.25, -0.2) is 13.6 Å². The third-order valence-corrected chi connectivity index (χ3v) is 4.49. The molecule has 1 aliphatic carbocycles. The van der Waals surface area contributed by atoms with Crippen LogP contribution in [0, 0.1) is 5.41 Å². The molecule has 5 N–H and O–H groups in total. The number of sulfonamides is 1. The predicted molar refractivity (Wildman–Crippen MR) is 77.3 cm³/mol. The molecule has 0 spiro atoms. The van der Waals surface area contributed by atoms with E-state index in [9.17, 15) is 8.42 Å². The summed E-state index contributed by atoms with van der Waals surface area (Å²) in [6.45, 7) is 4.48. The SMILES string of the molecule is CC1(C)CCC(Nc2cc(N)cc(S(N)(=O)=O)c2)C1. The molecule has 0 heterocycles. The van der Waals surface area contributed by atoms with Gasteiger partial charge in [0, 0.05) is 17.4 Å². The monoisotopic (exact) mass is 283 g/mol. The molecule has 1 aliphatic rings. The summed E-state index contributed by atoms with van der Waals surface area (Å²) < 4.78 is 22.7. The molecule has 0 amide bonds. The number of benzene rings is 1. The highest BCUT2D eigenvalue weighted by Crippen LogP contribution is 2.38. The number of nitrogens with two attached hydrogens (primary N) is 2. The van der Waals surface area contributed by atoms with E-state index in [1.54, 1.807) is 6.07 Å². The lowest BCUT2D eigenvalue weighted by Gasteiger charge is -2.19. The molecular weight excluding hydrogens is 262 g/mol. The Balaban J connectivity index is 2.20. The molecule has 1 atom stereocenters. The highest BCUT2D eigenvalue weighted by molar-refractivity contribution is 7.89. The van der Waals surface area contributed by atoms with Gasteiger partial charge in [0.15, 0.2) is 0 Å². The molecule has 1 saturated carbocycles. The maximum Gasteiger partial charge on any atom is 0.238 e. The second-order valence-electron chi connectivity index (χ2n) is 6.08. The van der Waals surface area contributed by atoms with Crippen LogP contribution in [-0.2, 0) is 10.0 Å². The van der Waals surface area contributed by atoms with E-state index in [1.807, 2.05) is 0 Å². The van der Waals surface area contributed by atoms with Gasteiger partial charge < -0.3 is 11.1 Å². The van der Waals surface area contributed by atoms with Crippen LogP contribution in [0.5, 0.6) is 0 Å². The van der Waals surface area contributed by atoms with Crippen LogP contribution in [0.1, 0.15) is 33.1 Å². The highest BCUT2D eigenvalue weighted by atomic mass is 32.2. The minimum absolute atomic E-state index is 0.0484. The third kappa shape index (κ3) is 3.61. The standard InChI is InChI=1S/C13H21N3O2S/c1-13(2)4-3-10(8-13)16-11-5-9(14)6-12(7-11)19(15,17)18/h5-7,10,16H,3-4,8,14H2,1-2H3,(H2,15,17,18).